The number of hydrogen-bond acceptors (Lipinski definition) is 3. The topological polar surface area (TPSA) is 102 Å². The quantitative estimate of drug-likeness (QED) is 0.675. The molecular formula is C13H22N4O4. The third kappa shape index (κ3) is 3.03. The Morgan fingerprint density at radius 2 is 2.19 bits per heavy atom. The molecule has 0 aromatic rings. The lowest BCUT2D eigenvalue weighted by atomic mass is 9.88. The molecule has 3 N–H and O–H groups in total. The van der Waals surface area contributed by atoms with Gasteiger partial charge in [0.25, 0.3) is 0 Å². The molecule has 2 aliphatic heterocycles. The summed E-state index contributed by atoms with van der Waals surface area (Å²) in [6.07, 6.45) is 0.442. The predicted octanol–water partition coefficient (Wildman–Crippen LogP) is -0.0937. The molecule has 2 unspecified atom stereocenters. The van der Waals surface area contributed by atoms with E-state index in [-0.39, 0.29) is 24.6 Å². The maximum atomic E-state index is 12.2. The lowest BCUT2D eigenvalue weighted by Gasteiger charge is -2.36. The maximum absolute atomic E-state index is 12.2. The molecule has 0 bridgehead atoms. The first-order chi connectivity index (χ1) is 9.87. The number of carboxylic acid groups (broad SMARTS) is 1. The highest BCUT2D eigenvalue weighted by molar-refractivity contribution is 5.79. The van der Waals surface area contributed by atoms with Gasteiger partial charge in [0.2, 0.25) is 0 Å². The van der Waals surface area contributed by atoms with Crippen LogP contribution in [0.2, 0.25) is 0 Å². The van der Waals surface area contributed by atoms with E-state index in [1.807, 2.05) is 0 Å². The van der Waals surface area contributed by atoms with Crippen molar-refractivity contribution in [2.24, 2.45) is 5.41 Å². The molecule has 0 saturated carbocycles. The number of piperazine rings is 1. The van der Waals surface area contributed by atoms with E-state index in [2.05, 4.69) is 10.6 Å². The first-order valence-electron chi connectivity index (χ1n) is 7.18. The van der Waals surface area contributed by atoms with Crippen LogP contribution >= 0.6 is 0 Å². The lowest BCUT2D eigenvalue weighted by molar-refractivity contribution is -0.147. The maximum Gasteiger partial charge on any atom is 0.317 e. The summed E-state index contributed by atoms with van der Waals surface area (Å²) in [4.78, 5) is 38.2. The summed E-state index contributed by atoms with van der Waals surface area (Å²) in [6, 6.07) is -0.339. The van der Waals surface area contributed by atoms with Crippen LogP contribution in [0, 0.1) is 5.41 Å². The van der Waals surface area contributed by atoms with Crippen molar-refractivity contribution in [1.82, 2.24) is 20.4 Å². The molecule has 2 fully saturated rings. The molecule has 8 heteroatoms. The normalized spacial score (nSPS) is 24.1. The number of nitrogens with zero attached hydrogens (tertiary/aromatic N) is 2. The van der Waals surface area contributed by atoms with Gasteiger partial charge in [-0.15, -0.1) is 0 Å². The fourth-order valence-corrected chi connectivity index (χ4v) is 2.52. The van der Waals surface area contributed by atoms with E-state index in [1.54, 1.807) is 23.6 Å². The fraction of sp³-hybridized carbons (Fsp3) is 0.769. The Hall–Kier alpha value is -1.99. The molecule has 0 spiro atoms. The summed E-state index contributed by atoms with van der Waals surface area (Å²) in [5.41, 5.74) is -0.956. The largest absolute Gasteiger partial charge is 0.481 e. The number of nitrogens with one attached hydrogen (secondary N) is 2. The van der Waals surface area contributed by atoms with Gasteiger partial charge in [0.15, 0.2) is 0 Å². The summed E-state index contributed by atoms with van der Waals surface area (Å²) in [5, 5.41) is 14.6. The van der Waals surface area contributed by atoms with Crippen molar-refractivity contribution in [1.29, 1.82) is 0 Å². The number of fused-ring (bicyclic) bond motifs is 1. The highest BCUT2D eigenvalue weighted by Crippen LogP contribution is 2.20. The second kappa shape index (κ2) is 5.79. The van der Waals surface area contributed by atoms with Gasteiger partial charge in [-0.1, -0.05) is 6.92 Å². The predicted molar refractivity (Wildman–Crippen MR) is 74.9 cm³/mol. The van der Waals surface area contributed by atoms with Crippen LogP contribution in [0.15, 0.2) is 0 Å². The van der Waals surface area contributed by atoms with E-state index in [1.165, 1.54) is 0 Å². The first kappa shape index (κ1) is 15.4. The third-order valence-corrected chi connectivity index (χ3v) is 4.45. The summed E-state index contributed by atoms with van der Waals surface area (Å²) in [6.45, 7) is 5.49. The van der Waals surface area contributed by atoms with E-state index in [0.717, 1.165) is 0 Å². The molecular weight excluding hydrogens is 276 g/mol. The Morgan fingerprint density at radius 1 is 1.48 bits per heavy atom. The van der Waals surface area contributed by atoms with Gasteiger partial charge in [0.05, 0.1) is 11.5 Å². The van der Waals surface area contributed by atoms with Crippen molar-refractivity contribution in [3.05, 3.63) is 0 Å². The standard InChI is InChI=1S/C13H22N4O4/c1-3-13(2,10(18)19)8-15-11(20)16-4-5-17-9(7-16)6-14-12(17)21/h9H,3-8H2,1-2H3,(H,14,21)(H,15,20)(H,18,19). The zero-order chi connectivity index (χ0) is 15.6. The summed E-state index contributed by atoms with van der Waals surface area (Å²) in [7, 11) is 0. The zero-order valence-corrected chi connectivity index (χ0v) is 12.4. The van der Waals surface area contributed by atoms with Gasteiger partial charge in [0, 0.05) is 32.7 Å². The summed E-state index contributed by atoms with van der Waals surface area (Å²) in [5.74, 6) is -0.916. The van der Waals surface area contributed by atoms with Gasteiger partial charge in [-0.3, -0.25) is 4.79 Å². The zero-order valence-electron chi connectivity index (χ0n) is 12.4. The van der Waals surface area contributed by atoms with E-state index in [9.17, 15) is 19.5 Å². The smallest absolute Gasteiger partial charge is 0.317 e. The van der Waals surface area contributed by atoms with Crippen LogP contribution in [0.4, 0.5) is 9.59 Å². The molecule has 0 aromatic carbocycles. The Morgan fingerprint density at radius 3 is 2.81 bits per heavy atom. The van der Waals surface area contributed by atoms with Crippen LogP contribution in [0.1, 0.15) is 20.3 Å². The number of carbonyl (C=O) groups is 3. The molecule has 118 valence electrons. The van der Waals surface area contributed by atoms with Crippen LogP contribution in [0.5, 0.6) is 0 Å². The van der Waals surface area contributed by atoms with Crippen LogP contribution < -0.4 is 10.6 Å². The first-order valence-corrected chi connectivity index (χ1v) is 7.18. The highest BCUT2D eigenvalue weighted by atomic mass is 16.4. The molecule has 21 heavy (non-hydrogen) atoms. The van der Waals surface area contributed by atoms with Gasteiger partial charge >= 0.3 is 18.0 Å². The van der Waals surface area contributed by atoms with Gasteiger partial charge < -0.3 is 25.5 Å². The summed E-state index contributed by atoms with van der Waals surface area (Å²) < 4.78 is 0. The number of carboxylic acids is 1. The minimum absolute atomic E-state index is 0.00836. The van der Waals surface area contributed by atoms with Gasteiger partial charge in [-0.05, 0) is 13.3 Å². The molecule has 2 rings (SSSR count). The Bertz CT molecular complexity index is 455. The van der Waals surface area contributed by atoms with E-state index < -0.39 is 11.4 Å². The molecule has 2 saturated heterocycles. The van der Waals surface area contributed by atoms with Gasteiger partial charge in [0.1, 0.15) is 0 Å². The van der Waals surface area contributed by atoms with E-state index in [4.69, 9.17) is 0 Å². The van der Waals surface area contributed by atoms with Crippen LogP contribution in [-0.2, 0) is 4.79 Å². The van der Waals surface area contributed by atoms with E-state index in [0.29, 0.717) is 32.6 Å². The average Bonchev–Trinajstić information content (AvgIpc) is 2.85. The third-order valence-electron chi connectivity index (χ3n) is 4.45. The van der Waals surface area contributed by atoms with Crippen LogP contribution in [-0.4, -0.2) is 71.7 Å². The van der Waals surface area contributed by atoms with Crippen molar-refractivity contribution < 1.29 is 19.5 Å². The SMILES string of the molecule is CCC(C)(CNC(=O)N1CCN2C(=O)NCC2C1)C(=O)O. The van der Waals surface area contributed by atoms with Crippen molar-refractivity contribution in [2.75, 3.05) is 32.7 Å². The molecule has 8 nitrogen and oxygen atoms in total. The van der Waals surface area contributed by atoms with Crippen LogP contribution in [0.3, 0.4) is 0 Å². The highest BCUT2D eigenvalue weighted by Gasteiger charge is 2.38. The second-order valence-corrected chi connectivity index (χ2v) is 5.86. The van der Waals surface area contributed by atoms with Crippen molar-refractivity contribution in [3.63, 3.8) is 0 Å². The van der Waals surface area contributed by atoms with Crippen molar-refractivity contribution in [2.45, 2.75) is 26.3 Å². The van der Waals surface area contributed by atoms with Crippen LogP contribution in [0.25, 0.3) is 0 Å². The Kier molecular flexibility index (Phi) is 4.24. The van der Waals surface area contributed by atoms with Gasteiger partial charge in [-0.25, -0.2) is 9.59 Å². The molecule has 0 aliphatic carbocycles. The molecule has 2 atom stereocenters. The minimum atomic E-state index is -0.956. The molecule has 4 amide bonds. The minimum Gasteiger partial charge on any atom is -0.481 e. The van der Waals surface area contributed by atoms with Crippen molar-refractivity contribution >= 4 is 18.0 Å². The number of rotatable bonds is 4. The fourth-order valence-electron chi connectivity index (χ4n) is 2.52. The molecule has 0 radical (unpaired) electrons. The van der Waals surface area contributed by atoms with Gasteiger partial charge in [-0.2, -0.15) is 0 Å². The average molecular weight is 298 g/mol. The van der Waals surface area contributed by atoms with E-state index >= 15 is 0 Å². The molecule has 2 heterocycles. The number of aliphatic carboxylic acids is 1. The summed E-state index contributed by atoms with van der Waals surface area (Å²) >= 11 is 0. The lowest BCUT2D eigenvalue weighted by Crippen LogP contribution is -2.57. The monoisotopic (exact) mass is 298 g/mol. The van der Waals surface area contributed by atoms with Crippen molar-refractivity contribution in [3.8, 4) is 0 Å². The number of hydrogen-bond donors (Lipinski definition) is 3. The Balaban J connectivity index is 1.87. The molecule has 0 aromatic heterocycles. The number of carbonyl (C=O) groups excluding carboxylic acids is 2. The molecule has 2 aliphatic rings. The second-order valence-electron chi connectivity index (χ2n) is 5.86. The number of urea groups is 2. The number of amides is 4. The Labute approximate surface area is 123 Å².